The summed E-state index contributed by atoms with van der Waals surface area (Å²) >= 11 is 0. The molecule has 2 nitrogen and oxygen atoms in total. The van der Waals surface area contributed by atoms with Gasteiger partial charge in [0.1, 0.15) is 0 Å². The van der Waals surface area contributed by atoms with Crippen molar-refractivity contribution in [3.8, 4) is 0 Å². The molecule has 2 rings (SSSR count). The van der Waals surface area contributed by atoms with Crippen molar-refractivity contribution in [3.05, 3.63) is 29.3 Å². The van der Waals surface area contributed by atoms with Gasteiger partial charge in [-0.3, -0.25) is 0 Å². The topological polar surface area (TPSA) is 32.3 Å². The molecule has 1 aromatic rings. The lowest BCUT2D eigenvalue weighted by atomic mass is 9.98. The lowest BCUT2D eigenvalue weighted by Gasteiger charge is -2.13. The van der Waals surface area contributed by atoms with Crippen molar-refractivity contribution >= 4 is 5.69 Å². The van der Waals surface area contributed by atoms with Gasteiger partial charge in [0.15, 0.2) is 0 Å². The number of hydrogen-bond donors (Lipinski definition) is 2. The molecular formula is C12H17NO. The van der Waals surface area contributed by atoms with E-state index in [2.05, 4.69) is 37.4 Å². The summed E-state index contributed by atoms with van der Waals surface area (Å²) in [6.07, 6.45) is 0.951. The lowest BCUT2D eigenvalue weighted by molar-refractivity contribution is 0.277. The van der Waals surface area contributed by atoms with Gasteiger partial charge < -0.3 is 10.4 Å². The molecule has 0 spiro atoms. The molecule has 2 heteroatoms. The van der Waals surface area contributed by atoms with Crippen molar-refractivity contribution < 1.29 is 5.11 Å². The quantitative estimate of drug-likeness (QED) is 0.750. The van der Waals surface area contributed by atoms with Crippen LogP contribution in [0.4, 0.5) is 5.69 Å². The van der Waals surface area contributed by atoms with Gasteiger partial charge in [-0.2, -0.15) is 0 Å². The van der Waals surface area contributed by atoms with Crippen LogP contribution in [-0.2, 0) is 6.42 Å². The third kappa shape index (κ3) is 1.50. The highest BCUT2D eigenvalue weighted by Crippen LogP contribution is 2.33. The van der Waals surface area contributed by atoms with Gasteiger partial charge in [-0.15, -0.1) is 0 Å². The van der Waals surface area contributed by atoms with Crippen LogP contribution in [0, 0.1) is 0 Å². The fourth-order valence-corrected chi connectivity index (χ4v) is 2.08. The third-order valence-electron chi connectivity index (χ3n) is 2.84. The second-order valence-electron chi connectivity index (χ2n) is 4.26. The summed E-state index contributed by atoms with van der Waals surface area (Å²) in [5.41, 5.74) is 3.95. The molecule has 1 unspecified atom stereocenters. The summed E-state index contributed by atoms with van der Waals surface area (Å²) in [4.78, 5) is 0. The summed E-state index contributed by atoms with van der Waals surface area (Å²) in [5.74, 6) is 0.537. The maximum atomic E-state index is 9.11. The van der Waals surface area contributed by atoms with Crippen LogP contribution in [0.25, 0.3) is 0 Å². The first-order valence-corrected chi connectivity index (χ1v) is 5.21. The molecule has 0 saturated carbocycles. The molecule has 1 heterocycles. The Morgan fingerprint density at radius 2 is 2.29 bits per heavy atom. The SMILES string of the molecule is CC(C)c1cccc2c1NC(CO)C2. The Balaban J connectivity index is 2.36. The minimum absolute atomic E-state index is 0.213. The summed E-state index contributed by atoms with van der Waals surface area (Å²) in [6.45, 7) is 4.61. The molecule has 1 aliphatic heterocycles. The Labute approximate surface area is 85.0 Å². The van der Waals surface area contributed by atoms with Gasteiger partial charge in [-0.05, 0) is 23.5 Å². The number of nitrogens with one attached hydrogen (secondary N) is 1. The summed E-state index contributed by atoms with van der Waals surface area (Å²) < 4.78 is 0. The predicted octanol–water partition coefficient (Wildman–Crippen LogP) is 2.14. The number of para-hydroxylation sites is 1. The van der Waals surface area contributed by atoms with E-state index in [9.17, 15) is 0 Å². The van der Waals surface area contributed by atoms with Crippen LogP contribution in [0.1, 0.15) is 30.9 Å². The number of rotatable bonds is 2. The summed E-state index contributed by atoms with van der Waals surface area (Å²) in [7, 11) is 0. The minimum Gasteiger partial charge on any atom is -0.394 e. The van der Waals surface area contributed by atoms with Crippen LogP contribution >= 0.6 is 0 Å². The molecule has 0 aromatic heterocycles. The van der Waals surface area contributed by atoms with E-state index in [4.69, 9.17) is 5.11 Å². The van der Waals surface area contributed by atoms with Crippen molar-refractivity contribution in [2.24, 2.45) is 0 Å². The fourth-order valence-electron chi connectivity index (χ4n) is 2.08. The Morgan fingerprint density at radius 3 is 2.93 bits per heavy atom. The van der Waals surface area contributed by atoms with Gasteiger partial charge in [-0.25, -0.2) is 0 Å². The average molecular weight is 191 g/mol. The van der Waals surface area contributed by atoms with Crippen LogP contribution in [0.3, 0.4) is 0 Å². The zero-order valence-electron chi connectivity index (χ0n) is 8.75. The van der Waals surface area contributed by atoms with Crippen LogP contribution in [0.5, 0.6) is 0 Å². The molecular weight excluding hydrogens is 174 g/mol. The maximum Gasteiger partial charge on any atom is 0.0636 e. The predicted molar refractivity (Wildman–Crippen MR) is 58.7 cm³/mol. The number of hydrogen-bond acceptors (Lipinski definition) is 2. The second kappa shape index (κ2) is 3.62. The highest BCUT2D eigenvalue weighted by molar-refractivity contribution is 5.63. The minimum atomic E-state index is 0.213. The van der Waals surface area contributed by atoms with Crippen molar-refractivity contribution in [1.29, 1.82) is 0 Å². The number of anilines is 1. The smallest absolute Gasteiger partial charge is 0.0636 e. The molecule has 0 bridgehead atoms. The van der Waals surface area contributed by atoms with Gasteiger partial charge in [0.25, 0.3) is 0 Å². The lowest BCUT2D eigenvalue weighted by Crippen LogP contribution is -2.20. The standard InChI is InChI=1S/C12H17NO/c1-8(2)11-5-3-4-9-6-10(7-14)13-12(9)11/h3-5,8,10,13-14H,6-7H2,1-2H3. The first kappa shape index (κ1) is 9.53. The molecule has 2 N–H and O–H groups in total. The Hall–Kier alpha value is -1.02. The van der Waals surface area contributed by atoms with Crippen LogP contribution in [-0.4, -0.2) is 17.8 Å². The molecule has 1 aromatic carbocycles. The van der Waals surface area contributed by atoms with E-state index in [0.29, 0.717) is 5.92 Å². The van der Waals surface area contributed by atoms with Crippen LogP contribution in [0.2, 0.25) is 0 Å². The molecule has 14 heavy (non-hydrogen) atoms. The molecule has 76 valence electrons. The van der Waals surface area contributed by atoms with E-state index in [1.165, 1.54) is 16.8 Å². The largest absolute Gasteiger partial charge is 0.394 e. The summed E-state index contributed by atoms with van der Waals surface area (Å²) in [6, 6.07) is 6.63. The second-order valence-corrected chi connectivity index (χ2v) is 4.26. The van der Waals surface area contributed by atoms with Crippen molar-refractivity contribution in [3.63, 3.8) is 0 Å². The van der Waals surface area contributed by atoms with E-state index in [-0.39, 0.29) is 12.6 Å². The van der Waals surface area contributed by atoms with Crippen molar-refractivity contribution in [1.82, 2.24) is 0 Å². The number of aliphatic hydroxyl groups is 1. The Kier molecular flexibility index (Phi) is 2.46. The molecule has 1 aliphatic rings. The maximum absolute atomic E-state index is 9.11. The zero-order chi connectivity index (χ0) is 10.1. The van der Waals surface area contributed by atoms with E-state index in [1.54, 1.807) is 0 Å². The van der Waals surface area contributed by atoms with Gasteiger partial charge in [0.05, 0.1) is 12.6 Å². The molecule has 0 aliphatic carbocycles. The third-order valence-corrected chi connectivity index (χ3v) is 2.84. The first-order chi connectivity index (χ1) is 6.72. The number of benzene rings is 1. The molecule has 0 saturated heterocycles. The highest BCUT2D eigenvalue weighted by Gasteiger charge is 2.22. The van der Waals surface area contributed by atoms with Crippen molar-refractivity contribution in [2.45, 2.75) is 32.2 Å². The van der Waals surface area contributed by atoms with Crippen LogP contribution < -0.4 is 5.32 Å². The van der Waals surface area contributed by atoms with Crippen LogP contribution in [0.15, 0.2) is 18.2 Å². The van der Waals surface area contributed by atoms with Gasteiger partial charge in [0.2, 0.25) is 0 Å². The number of fused-ring (bicyclic) bond motifs is 1. The highest BCUT2D eigenvalue weighted by atomic mass is 16.3. The Morgan fingerprint density at radius 1 is 1.50 bits per heavy atom. The molecule has 1 atom stereocenters. The average Bonchev–Trinajstić information content (AvgIpc) is 2.59. The normalized spacial score (nSPS) is 19.6. The monoisotopic (exact) mass is 191 g/mol. The zero-order valence-corrected chi connectivity index (χ0v) is 8.75. The van der Waals surface area contributed by atoms with E-state index in [0.717, 1.165) is 6.42 Å². The Bertz CT molecular complexity index is 333. The number of aliphatic hydroxyl groups excluding tert-OH is 1. The van der Waals surface area contributed by atoms with E-state index in [1.807, 2.05) is 0 Å². The van der Waals surface area contributed by atoms with E-state index < -0.39 is 0 Å². The van der Waals surface area contributed by atoms with E-state index >= 15 is 0 Å². The van der Waals surface area contributed by atoms with Crippen molar-refractivity contribution in [2.75, 3.05) is 11.9 Å². The molecule has 0 radical (unpaired) electrons. The first-order valence-electron chi connectivity index (χ1n) is 5.21. The molecule has 0 amide bonds. The fraction of sp³-hybridized carbons (Fsp3) is 0.500. The van der Waals surface area contributed by atoms with Gasteiger partial charge >= 0.3 is 0 Å². The summed E-state index contributed by atoms with van der Waals surface area (Å²) in [5, 5.41) is 12.5. The van der Waals surface area contributed by atoms with Gasteiger partial charge in [0, 0.05) is 5.69 Å². The van der Waals surface area contributed by atoms with Gasteiger partial charge in [-0.1, -0.05) is 32.0 Å². The molecule has 0 fully saturated rings.